The number of imide groups is 1. The van der Waals surface area contributed by atoms with Gasteiger partial charge in [-0.3, -0.25) is 19.5 Å². The van der Waals surface area contributed by atoms with Gasteiger partial charge in [0.05, 0.1) is 11.8 Å². The Morgan fingerprint density at radius 2 is 1.68 bits per heavy atom. The number of likely N-dealkylation sites (tertiary alicyclic amines) is 1. The maximum absolute atomic E-state index is 12.7. The van der Waals surface area contributed by atoms with Crippen molar-refractivity contribution in [3.63, 3.8) is 0 Å². The van der Waals surface area contributed by atoms with Gasteiger partial charge >= 0.3 is 0 Å². The van der Waals surface area contributed by atoms with Crippen molar-refractivity contribution in [1.29, 1.82) is 0 Å². The molecule has 1 heterocycles. The molecule has 1 aromatic carbocycles. The van der Waals surface area contributed by atoms with Gasteiger partial charge in [-0.1, -0.05) is 42.0 Å². The summed E-state index contributed by atoms with van der Waals surface area (Å²) in [5.41, 5.74) is 1.15. The fraction of sp³-hybridized carbons (Fsp3) is 0.522. The van der Waals surface area contributed by atoms with E-state index in [2.05, 4.69) is 27.8 Å². The number of nitrogens with one attached hydrogen (secondary N) is 2. The lowest BCUT2D eigenvalue weighted by Crippen LogP contribution is -2.40. The van der Waals surface area contributed by atoms with Gasteiger partial charge in [-0.05, 0) is 49.1 Å². The van der Waals surface area contributed by atoms with Crippen LogP contribution in [0.3, 0.4) is 0 Å². The fourth-order valence-corrected chi connectivity index (χ4v) is 5.27. The van der Waals surface area contributed by atoms with Gasteiger partial charge in [-0.2, -0.15) is 0 Å². The summed E-state index contributed by atoms with van der Waals surface area (Å²) in [4.78, 5) is 31.1. The van der Waals surface area contributed by atoms with E-state index in [4.69, 9.17) is 11.6 Å². The number of allylic oxidation sites excluding steroid dienone is 2. The molecule has 2 fully saturated rings. The summed E-state index contributed by atoms with van der Waals surface area (Å²) in [6, 6.07) is 7.90. The molecule has 2 aliphatic carbocycles. The highest BCUT2D eigenvalue weighted by Gasteiger charge is 2.58. The molecule has 4 rings (SSSR count). The third kappa shape index (κ3) is 5.08. The Balaban J connectivity index is 0.00000272. The molecule has 1 saturated heterocycles. The molecule has 31 heavy (non-hydrogen) atoms. The topological polar surface area (TPSA) is 73.8 Å². The largest absolute Gasteiger partial charge is 0.356 e. The highest BCUT2D eigenvalue weighted by Crippen LogP contribution is 2.52. The Morgan fingerprint density at radius 1 is 1.06 bits per heavy atom. The number of rotatable bonds is 8. The number of benzene rings is 1. The first kappa shape index (κ1) is 24.0. The number of guanidine groups is 1. The van der Waals surface area contributed by atoms with Crippen LogP contribution in [0.4, 0.5) is 0 Å². The zero-order valence-corrected chi connectivity index (χ0v) is 20.8. The molecule has 0 spiro atoms. The minimum Gasteiger partial charge on any atom is -0.356 e. The van der Waals surface area contributed by atoms with Gasteiger partial charge in [0.2, 0.25) is 11.8 Å². The number of carbonyl (C=O) groups is 2. The number of hydrogen-bond acceptors (Lipinski definition) is 3. The molecule has 168 valence electrons. The second-order valence-corrected chi connectivity index (χ2v) is 8.71. The van der Waals surface area contributed by atoms with Gasteiger partial charge in [0.1, 0.15) is 0 Å². The summed E-state index contributed by atoms with van der Waals surface area (Å²) >= 11 is 6.19. The van der Waals surface area contributed by atoms with Crippen molar-refractivity contribution < 1.29 is 9.59 Å². The smallest absolute Gasteiger partial charge is 0.233 e. The van der Waals surface area contributed by atoms with E-state index in [0.29, 0.717) is 19.5 Å². The van der Waals surface area contributed by atoms with Crippen LogP contribution in [0, 0.1) is 23.7 Å². The number of carbonyl (C=O) groups excluding carboxylic acids is 2. The molecule has 1 aliphatic heterocycles. The molecule has 4 unspecified atom stereocenters. The van der Waals surface area contributed by atoms with Crippen molar-refractivity contribution in [3.8, 4) is 0 Å². The van der Waals surface area contributed by atoms with Crippen molar-refractivity contribution in [2.45, 2.75) is 25.7 Å². The highest BCUT2D eigenvalue weighted by molar-refractivity contribution is 14.0. The van der Waals surface area contributed by atoms with Crippen LogP contribution < -0.4 is 10.6 Å². The molecule has 2 N–H and O–H groups in total. The van der Waals surface area contributed by atoms with Gasteiger partial charge in [0, 0.05) is 31.7 Å². The number of amides is 2. The van der Waals surface area contributed by atoms with Crippen LogP contribution in [0.2, 0.25) is 5.02 Å². The first-order valence-electron chi connectivity index (χ1n) is 10.8. The molecule has 1 saturated carbocycles. The number of hydrogen-bond donors (Lipinski definition) is 2. The molecule has 3 aliphatic rings. The minimum atomic E-state index is -0.104. The average Bonchev–Trinajstić information content (AvgIpc) is 3.43. The van der Waals surface area contributed by atoms with E-state index in [1.165, 1.54) is 4.90 Å². The lowest BCUT2D eigenvalue weighted by atomic mass is 9.85. The first-order chi connectivity index (χ1) is 14.6. The number of halogens is 2. The van der Waals surface area contributed by atoms with Crippen LogP contribution in [0.1, 0.15) is 24.8 Å². The molecule has 8 heteroatoms. The van der Waals surface area contributed by atoms with Crippen molar-refractivity contribution in [2.24, 2.45) is 28.7 Å². The lowest BCUT2D eigenvalue weighted by molar-refractivity contribution is -0.140. The van der Waals surface area contributed by atoms with Crippen LogP contribution in [-0.4, -0.2) is 49.4 Å². The number of nitrogens with zero attached hydrogens (tertiary/aromatic N) is 2. The summed E-state index contributed by atoms with van der Waals surface area (Å²) in [6.45, 7) is 1.91. The molecular formula is C23H30ClIN4O2. The lowest BCUT2D eigenvalue weighted by Gasteiger charge is -2.18. The normalized spacial score (nSPS) is 26.3. The summed E-state index contributed by atoms with van der Waals surface area (Å²) in [5.74, 6) is 1.13. The zero-order chi connectivity index (χ0) is 21.1. The second kappa shape index (κ2) is 10.8. The standard InChI is InChI=1S/C23H29ClN4O2.HI/c1-25-23(26-11-4-7-15-6-2-3-8-18(15)24)27-12-5-13-28-21(29)19-16-9-10-17(14-16)20(19)22(28)30;/h2-3,6,8-10,16-17,19-20H,4-5,7,11-14H2,1H3,(H2,25,26,27);1H. The molecule has 4 atom stereocenters. The van der Waals surface area contributed by atoms with Gasteiger partial charge in [-0.25, -0.2) is 0 Å². The molecule has 1 aromatic rings. The van der Waals surface area contributed by atoms with Crippen molar-refractivity contribution >= 4 is 53.4 Å². The summed E-state index contributed by atoms with van der Waals surface area (Å²) in [6.07, 6.45) is 7.79. The van der Waals surface area contributed by atoms with E-state index in [-0.39, 0.29) is 59.5 Å². The van der Waals surface area contributed by atoms with E-state index in [9.17, 15) is 9.59 Å². The SMILES string of the molecule is CN=C(NCCCc1ccccc1Cl)NCCCN1C(=O)C2C3C=CC(C3)C2C1=O.I. The fourth-order valence-electron chi connectivity index (χ4n) is 5.04. The summed E-state index contributed by atoms with van der Waals surface area (Å²) in [5, 5.41) is 7.37. The molecular weight excluding hydrogens is 527 g/mol. The monoisotopic (exact) mass is 556 g/mol. The Kier molecular flexibility index (Phi) is 8.38. The maximum Gasteiger partial charge on any atom is 0.233 e. The van der Waals surface area contributed by atoms with Crippen LogP contribution in [-0.2, 0) is 16.0 Å². The van der Waals surface area contributed by atoms with Crippen LogP contribution in [0.15, 0.2) is 41.4 Å². The van der Waals surface area contributed by atoms with E-state index < -0.39 is 0 Å². The third-order valence-electron chi connectivity index (χ3n) is 6.51. The van der Waals surface area contributed by atoms with Crippen molar-refractivity contribution in [3.05, 3.63) is 47.0 Å². The molecule has 2 bridgehead atoms. The number of aryl methyl sites for hydroxylation is 1. The highest BCUT2D eigenvalue weighted by atomic mass is 127. The Morgan fingerprint density at radius 3 is 2.29 bits per heavy atom. The number of fused-ring (bicyclic) bond motifs is 5. The Bertz CT molecular complexity index is 845. The molecule has 2 amide bonds. The van der Waals surface area contributed by atoms with E-state index in [1.54, 1.807) is 7.05 Å². The second-order valence-electron chi connectivity index (χ2n) is 8.30. The van der Waals surface area contributed by atoms with Crippen LogP contribution >= 0.6 is 35.6 Å². The molecule has 6 nitrogen and oxygen atoms in total. The number of aliphatic imine (C=N–C) groups is 1. The van der Waals surface area contributed by atoms with E-state index in [1.807, 2.05) is 24.3 Å². The van der Waals surface area contributed by atoms with Gasteiger partial charge < -0.3 is 10.6 Å². The predicted molar refractivity (Wildman–Crippen MR) is 134 cm³/mol. The average molecular weight is 557 g/mol. The van der Waals surface area contributed by atoms with Crippen LogP contribution in [0.5, 0.6) is 0 Å². The van der Waals surface area contributed by atoms with Crippen molar-refractivity contribution in [2.75, 3.05) is 26.7 Å². The summed E-state index contributed by atoms with van der Waals surface area (Å²) in [7, 11) is 1.74. The third-order valence-corrected chi connectivity index (χ3v) is 6.88. The van der Waals surface area contributed by atoms with E-state index >= 15 is 0 Å². The van der Waals surface area contributed by atoms with Gasteiger partial charge in [0.25, 0.3) is 0 Å². The maximum atomic E-state index is 12.7. The van der Waals surface area contributed by atoms with Crippen LogP contribution in [0.25, 0.3) is 0 Å². The Labute approximate surface area is 205 Å². The van der Waals surface area contributed by atoms with Gasteiger partial charge in [-0.15, -0.1) is 24.0 Å². The quantitative estimate of drug-likeness (QED) is 0.129. The Hall–Kier alpha value is -1.61. The molecule has 0 aromatic heterocycles. The summed E-state index contributed by atoms with van der Waals surface area (Å²) < 4.78 is 0. The van der Waals surface area contributed by atoms with Gasteiger partial charge in [0.15, 0.2) is 5.96 Å². The van der Waals surface area contributed by atoms with Crippen molar-refractivity contribution in [1.82, 2.24) is 15.5 Å². The first-order valence-corrected chi connectivity index (χ1v) is 11.2. The molecule has 0 radical (unpaired) electrons. The zero-order valence-electron chi connectivity index (χ0n) is 17.7. The predicted octanol–water partition coefficient (Wildman–Crippen LogP) is 3.25. The van der Waals surface area contributed by atoms with E-state index in [0.717, 1.165) is 42.4 Å². The minimum absolute atomic E-state index is 0.